The molecule has 0 heterocycles. The van der Waals surface area contributed by atoms with E-state index in [4.69, 9.17) is 0 Å². The second-order valence-electron chi connectivity index (χ2n) is 5.72. The van der Waals surface area contributed by atoms with Crippen LogP contribution in [0.3, 0.4) is 0 Å². The molecule has 0 saturated heterocycles. The summed E-state index contributed by atoms with van der Waals surface area (Å²) in [4.78, 5) is 10.0. The van der Waals surface area contributed by atoms with Crippen LogP contribution in [0, 0.1) is 0 Å². The first-order valence-electron chi connectivity index (χ1n) is 9.18. The minimum absolute atomic E-state index is 0.770. The van der Waals surface area contributed by atoms with Crippen LogP contribution in [0.15, 0.2) is 60.8 Å². The van der Waals surface area contributed by atoms with Crippen LogP contribution < -0.4 is 0 Å². The molecule has 0 aliphatic carbocycles. The highest BCUT2D eigenvalue weighted by Gasteiger charge is 1.90. The van der Waals surface area contributed by atoms with Gasteiger partial charge in [0.05, 0.1) is 0 Å². The topological polar surface area (TPSA) is 17.1 Å². The zero-order valence-electron chi connectivity index (χ0n) is 14.8. The van der Waals surface area contributed by atoms with E-state index in [9.17, 15) is 4.79 Å². The Bertz CT molecular complexity index is 383. The quantitative estimate of drug-likeness (QED) is 0.139. The van der Waals surface area contributed by atoms with Crippen LogP contribution in [-0.2, 0) is 4.79 Å². The number of carbonyl (C=O) groups is 1. The molecule has 23 heavy (non-hydrogen) atoms. The van der Waals surface area contributed by atoms with Gasteiger partial charge in [0.15, 0.2) is 0 Å². The van der Waals surface area contributed by atoms with Crippen molar-refractivity contribution in [3.63, 3.8) is 0 Å². The standard InChI is InChI=1S/C22H34O/c1-2-3-4-5-6-7-8-9-10-11-12-13-14-15-16-17-18-19-20-21-22-23/h12-22H,2-11H2,1H3. The maximum absolute atomic E-state index is 10.0. The number of allylic oxidation sites excluding steroid dienone is 10. The first kappa shape index (κ1) is 21.4. The van der Waals surface area contributed by atoms with E-state index in [0.717, 1.165) is 6.29 Å². The fraction of sp³-hybridized carbons (Fsp3) is 0.500. The van der Waals surface area contributed by atoms with Gasteiger partial charge in [-0.05, 0) is 18.9 Å². The molecule has 128 valence electrons. The van der Waals surface area contributed by atoms with E-state index in [1.165, 1.54) is 70.3 Å². The highest BCUT2D eigenvalue weighted by atomic mass is 16.1. The van der Waals surface area contributed by atoms with Crippen LogP contribution in [0.5, 0.6) is 0 Å². The van der Waals surface area contributed by atoms with Crippen LogP contribution in [0.4, 0.5) is 0 Å². The van der Waals surface area contributed by atoms with E-state index >= 15 is 0 Å². The fourth-order valence-corrected chi connectivity index (χ4v) is 2.24. The molecule has 0 spiro atoms. The van der Waals surface area contributed by atoms with Crippen molar-refractivity contribution in [2.75, 3.05) is 0 Å². The van der Waals surface area contributed by atoms with Crippen LogP contribution in [-0.4, -0.2) is 6.29 Å². The second kappa shape index (κ2) is 20.4. The molecule has 0 aromatic carbocycles. The van der Waals surface area contributed by atoms with E-state index in [1.54, 1.807) is 6.08 Å². The largest absolute Gasteiger partial charge is 0.299 e. The van der Waals surface area contributed by atoms with Crippen molar-refractivity contribution in [3.05, 3.63) is 60.8 Å². The van der Waals surface area contributed by atoms with Crippen molar-refractivity contribution in [2.45, 2.75) is 71.1 Å². The molecule has 0 aliphatic rings. The van der Waals surface area contributed by atoms with Crippen molar-refractivity contribution in [1.82, 2.24) is 0 Å². The Hall–Kier alpha value is -1.63. The molecule has 0 amide bonds. The van der Waals surface area contributed by atoms with E-state index in [1.807, 2.05) is 30.4 Å². The predicted octanol–water partition coefficient (Wildman–Crippen LogP) is 6.89. The van der Waals surface area contributed by atoms with Gasteiger partial charge in [0.1, 0.15) is 6.29 Å². The van der Waals surface area contributed by atoms with Gasteiger partial charge in [-0.1, -0.05) is 113 Å². The van der Waals surface area contributed by atoms with Crippen molar-refractivity contribution in [2.24, 2.45) is 0 Å². The summed E-state index contributed by atoms with van der Waals surface area (Å²) < 4.78 is 0. The summed E-state index contributed by atoms with van der Waals surface area (Å²) in [6.45, 7) is 2.27. The highest BCUT2D eigenvalue weighted by molar-refractivity contribution is 5.65. The van der Waals surface area contributed by atoms with Gasteiger partial charge >= 0.3 is 0 Å². The zero-order chi connectivity index (χ0) is 16.8. The average molecular weight is 315 g/mol. The molecule has 1 heteroatoms. The lowest BCUT2D eigenvalue weighted by Gasteiger charge is -2.00. The molecule has 0 radical (unpaired) electrons. The Balaban J connectivity index is 3.38. The lowest BCUT2D eigenvalue weighted by molar-refractivity contribution is -0.104. The van der Waals surface area contributed by atoms with E-state index in [2.05, 4.69) is 25.2 Å². The zero-order valence-corrected chi connectivity index (χ0v) is 14.8. The van der Waals surface area contributed by atoms with Gasteiger partial charge < -0.3 is 0 Å². The van der Waals surface area contributed by atoms with Crippen molar-refractivity contribution >= 4 is 6.29 Å². The number of hydrogen-bond acceptors (Lipinski definition) is 1. The molecule has 0 unspecified atom stereocenters. The predicted molar refractivity (Wildman–Crippen MR) is 104 cm³/mol. The van der Waals surface area contributed by atoms with Crippen molar-refractivity contribution in [1.29, 1.82) is 0 Å². The van der Waals surface area contributed by atoms with E-state index < -0.39 is 0 Å². The smallest absolute Gasteiger partial charge is 0.142 e. The Kier molecular flexibility index (Phi) is 18.9. The number of carbonyl (C=O) groups excluding carboxylic acids is 1. The lowest BCUT2D eigenvalue weighted by Crippen LogP contribution is -1.80. The fourth-order valence-electron chi connectivity index (χ4n) is 2.24. The molecule has 0 aliphatic heterocycles. The third-order valence-corrected chi connectivity index (χ3v) is 3.58. The summed E-state index contributed by atoms with van der Waals surface area (Å²) in [5.41, 5.74) is 0. The molecule has 0 saturated carbocycles. The molecule has 0 N–H and O–H groups in total. The molecular formula is C22H34O. The minimum atomic E-state index is 0.770. The molecule has 0 aromatic heterocycles. The molecule has 0 aromatic rings. The molecule has 0 rings (SSSR count). The molecular weight excluding hydrogens is 280 g/mol. The Labute approximate surface area is 143 Å². The number of aldehydes is 1. The van der Waals surface area contributed by atoms with Gasteiger partial charge in [-0.15, -0.1) is 0 Å². The summed E-state index contributed by atoms with van der Waals surface area (Å²) in [6, 6.07) is 0. The van der Waals surface area contributed by atoms with Gasteiger partial charge in [0, 0.05) is 0 Å². The molecule has 0 atom stereocenters. The summed E-state index contributed by atoms with van der Waals surface area (Å²) in [5.74, 6) is 0. The maximum atomic E-state index is 10.0. The summed E-state index contributed by atoms with van der Waals surface area (Å²) >= 11 is 0. The first-order chi connectivity index (χ1) is 11.4. The third-order valence-electron chi connectivity index (χ3n) is 3.58. The van der Waals surface area contributed by atoms with Gasteiger partial charge in [0.25, 0.3) is 0 Å². The van der Waals surface area contributed by atoms with E-state index in [-0.39, 0.29) is 0 Å². The summed E-state index contributed by atoms with van der Waals surface area (Å²) in [7, 11) is 0. The van der Waals surface area contributed by atoms with Crippen LogP contribution in [0.1, 0.15) is 71.1 Å². The van der Waals surface area contributed by atoms with Crippen LogP contribution in [0.25, 0.3) is 0 Å². The Morgan fingerprint density at radius 2 is 0.957 bits per heavy atom. The van der Waals surface area contributed by atoms with Crippen LogP contribution >= 0.6 is 0 Å². The van der Waals surface area contributed by atoms with Gasteiger partial charge in [0.2, 0.25) is 0 Å². The number of hydrogen-bond donors (Lipinski definition) is 0. The monoisotopic (exact) mass is 314 g/mol. The SMILES string of the molecule is CCCCCCCCCCCC=CC=CC=CC=CC=CC=O. The van der Waals surface area contributed by atoms with Crippen molar-refractivity contribution < 1.29 is 4.79 Å². The molecule has 0 fully saturated rings. The highest BCUT2D eigenvalue weighted by Crippen LogP contribution is 2.10. The molecule has 0 bridgehead atoms. The summed E-state index contributed by atoms with van der Waals surface area (Å²) in [5, 5.41) is 0. The third kappa shape index (κ3) is 20.4. The van der Waals surface area contributed by atoms with E-state index in [0.29, 0.717) is 0 Å². The molecule has 1 nitrogen and oxygen atoms in total. The minimum Gasteiger partial charge on any atom is -0.299 e. The maximum Gasteiger partial charge on any atom is 0.142 e. The second-order valence-corrected chi connectivity index (χ2v) is 5.72. The summed E-state index contributed by atoms with van der Waals surface area (Å²) in [6.07, 6.45) is 33.7. The number of rotatable bonds is 15. The normalized spacial score (nSPS) is 12.7. The average Bonchev–Trinajstić information content (AvgIpc) is 2.57. The Morgan fingerprint density at radius 1 is 0.522 bits per heavy atom. The lowest BCUT2D eigenvalue weighted by atomic mass is 10.1. The van der Waals surface area contributed by atoms with Gasteiger partial charge in [-0.25, -0.2) is 0 Å². The van der Waals surface area contributed by atoms with Crippen LogP contribution in [0.2, 0.25) is 0 Å². The van der Waals surface area contributed by atoms with Crippen molar-refractivity contribution in [3.8, 4) is 0 Å². The Morgan fingerprint density at radius 3 is 1.48 bits per heavy atom. The van der Waals surface area contributed by atoms with Gasteiger partial charge in [-0.2, -0.15) is 0 Å². The first-order valence-corrected chi connectivity index (χ1v) is 9.18. The van der Waals surface area contributed by atoms with Gasteiger partial charge in [-0.3, -0.25) is 4.79 Å². The number of unbranched alkanes of at least 4 members (excludes halogenated alkanes) is 9.